The highest BCUT2D eigenvalue weighted by atomic mass is 35.5. The number of amides is 1. The molecule has 9 nitrogen and oxygen atoms in total. The van der Waals surface area contributed by atoms with Crippen molar-refractivity contribution < 1.29 is 14.6 Å². The molecule has 204 valence electrons. The zero-order valence-electron chi connectivity index (χ0n) is 22.0. The molecular formula is C28H30Cl2N6O3. The molecule has 0 atom stereocenters. The highest BCUT2D eigenvalue weighted by Crippen LogP contribution is 2.38. The quantitative estimate of drug-likeness (QED) is 0.320. The van der Waals surface area contributed by atoms with Crippen LogP contribution in [-0.2, 0) is 4.79 Å². The number of rotatable bonds is 7. The Morgan fingerprint density at radius 1 is 1.08 bits per heavy atom. The molecular weight excluding hydrogens is 539 g/mol. The van der Waals surface area contributed by atoms with Gasteiger partial charge in [-0.15, -0.1) is 0 Å². The van der Waals surface area contributed by atoms with E-state index < -0.39 is 11.0 Å². The van der Waals surface area contributed by atoms with Crippen LogP contribution in [0.2, 0.25) is 10.0 Å². The molecule has 1 saturated heterocycles. The Labute approximate surface area is 236 Å². The summed E-state index contributed by atoms with van der Waals surface area (Å²) in [6.45, 7) is 6.27. The number of imidazole rings is 1. The van der Waals surface area contributed by atoms with Crippen LogP contribution >= 0.6 is 23.2 Å². The summed E-state index contributed by atoms with van der Waals surface area (Å²) in [4.78, 5) is 28.6. The third kappa shape index (κ3) is 5.52. The molecule has 39 heavy (non-hydrogen) atoms. The maximum atomic E-state index is 12.1. The lowest BCUT2D eigenvalue weighted by Crippen LogP contribution is -2.45. The van der Waals surface area contributed by atoms with Crippen LogP contribution in [0.25, 0.3) is 28.2 Å². The van der Waals surface area contributed by atoms with E-state index in [-0.39, 0.29) is 18.5 Å². The van der Waals surface area contributed by atoms with Crippen molar-refractivity contribution in [2.24, 2.45) is 11.1 Å². The number of hydrogen-bond acceptors (Lipinski definition) is 7. The summed E-state index contributed by atoms with van der Waals surface area (Å²) in [5, 5.41) is 11.4. The number of benzene rings is 2. The molecule has 1 fully saturated rings. The number of carbonyl (C=O) groups excluding carboxylic acids is 1. The van der Waals surface area contributed by atoms with Crippen molar-refractivity contribution in [2.75, 3.05) is 24.6 Å². The van der Waals surface area contributed by atoms with Crippen LogP contribution in [0.15, 0.2) is 48.5 Å². The van der Waals surface area contributed by atoms with Gasteiger partial charge >= 0.3 is 6.01 Å². The molecule has 11 heteroatoms. The lowest BCUT2D eigenvalue weighted by atomic mass is 9.80. The number of nitrogens with two attached hydrogens (primary N) is 1. The van der Waals surface area contributed by atoms with Crippen LogP contribution in [0.3, 0.4) is 0 Å². The van der Waals surface area contributed by atoms with E-state index in [1.165, 1.54) is 0 Å². The van der Waals surface area contributed by atoms with E-state index in [0.717, 1.165) is 11.3 Å². The molecule has 1 aliphatic heterocycles. The fourth-order valence-corrected chi connectivity index (χ4v) is 4.91. The molecule has 2 aromatic carbocycles. The van der Waals surface area contributed by atoms with Gasteiger partial charge in [-0.05, 0) is 63.1 Å². The van der Waals surface area contributed by atoms with Crippen molar-refractivity contribution in [3.8, 4) is 23.1 Å². The first kappa shape index (κ1) is 27.2. The molecule has 3 heterocycles. The maximum absolute atomic E-state index is 12.1. The van der Waals surface area contributed by atoms with E-state index in [9.17, 15) is 9.90 Å². The zero-order valence-corrected chi connectivity index (χ0v) is 23.5. The van der Waals surface area contributed by atoms with E-state index in [0.29, 0.717) is 58.8 Å². The Morgan fingerprint density at radius 2 is 1.74 bits per heavy atom. The summed E-state index contributed by atoms with van der Waals surface area (Å²) in [6, 6.07) is 14.9. The van der Waals surface area contributed by atoms with Crippen molar-refractivity contribution in [1.29, 1.82) is 0 Å². The standard InChI is InChI=1S/C28H30Cl2N6O3/c1-27(2,38)16-39-26-33-23(35-14-12-28(3,13-15-35)25(31)37)21-24(34-26)36(18-10-8-17(29)9-11-18)22(32-21)19-6-4-5-7-20(19)30/h4-11,38H,12-16H2,1-3H3,(H2,31,37). The Kier molecular flexibility index (Phi) is 7.17. The molecule has 0 bridgehead atoms. The second kappa shape index (κ2) is 10.3. The average Bonchev–Trinajstić information content (AvgIpc) is 3.27. The molecule has 5 rings (SSSR count). The van der Waals surface area contributed by atoms with Crippen LogP contribution in [0, 0.1) is 5.41 Å². The number of hydrogen-bond donors (Lipinski definition) is 2. The van der Waals surface area contributed by atoms with Gasteiger partial charge in [0.1, 0.15) is 12.4 Å². The molecule has 0 radical (unpaired) electrons. The Hall–Kier alpha value is -3.40. The monoisotopic (exact) mass is 568 g/mol. The summed E-state index contributed by atoms with van der Waals surface area (Å²) in [7, 11) is 0. The van der Waals surface area contributed by atoms with Crippen LogP contribution in [0.5, 0.6) is 6.01 Å². The lowest BCUT2D eigenvalue weighted by Gasteiger charge is -2.37. The number of anilines is 1. The third-order valence-corrected chi connectivity index (χ3v) is 7.57. The van der Waals surface area contributed by atoms with E-state index >= 15 is 0 Å². The fourth-order valence-electron chi connectivity index (χ4n) is 4.57. The molecule has 0 aliphatic carbocycles. The number of aliphatic hydroxyl groups is 1. The zero-order chi connectivity index (χ0) is 27.9. The average molecular weight is 569 g/mol. The number of nitrogens with zero attached hydrogens (tertiary/aromatic N) is 5. The second-order valence-corrected chi connectivity index (χ2v) is 11.6. The topological polar surface area (TPSA) is 119 Å². The minimum atomic E-state index is -1.09. The van der Waals surface area contributed by atoms with E-state index in [4.69, 9.17) is 48.6 Å². The fraction of sp³-hybridized carbons (Fsp3) is 0.357. The molecule has 4 aromatic rings. The minimum Gasteiger partial charge on any atom is -0.460 e. The summed E-state index contributed by atoms with van der Waals surface area (Å²) < 4.78 is 7.77. The number of fused-ring (bicyclic) bond motifs is 1. The molecule has 2 aromatic heterocycles. The second-order valence-electron chi connectivity index (χ2n) is 10.7. The number of halogens is 2. The normalized spacial score (nSPS) is 15.5. The lowest BCUT2D eigenvalue weighted by molar-refractivity contribution is -0.127. The van der Waals surface area contributed by atoms with Gasteiger partial charge in [0.2, 0.25) is 5.91 Å². The molecule has 0 spiro atoms. The summed E-state index contributed by atoms with van der Waals surface area (Å²) in [5.41, 5.74) is 6.56. The molecule has 3 N–H and O–H groups in total. The Bertz CT molecular complexity index is 1520. The Balaban J connectivity index is 1.73. The van der Waals surface area contributed by atoms with Crippen molar-refractivity contribution in [1.82, 2.24) is 19.5 Å². The molecule has 1 amide bonds. The first-order valence-corrected chi connectivity index (χ1v) is 13.4. The largest absolute Gasteiger partial charge is 0.460 e. The smallest absolute Gasteiger partial charge is 0.320 e. The van der Waals surface area contributed by atoms with Gasteiger partial charge in [-0.2, -0.15) is 9.97 Å². The van der Waals surface area contributed by atoms with E-state index in [1.807, 2.05) is 47.9 Å². The molecule has 0 saturated carbocycles. The van der Waals surface area contributed by atoms with Crippen molar-refractivity contribution >= 4 is 46.1 Å². The van der Waals surface area contributed by atoms with Crippen molar-refractivity contribution in [3.63, 3.8) is 0 Å². The third-order valence-electron chi connectivity index (χ3n) is 6.98. The predicted octanol–water partition coefficient (Wildman–Crippen LogP) is 5.03. The van der Waals surface area contributed by atoms with Crippen LogP contribution in [-0.4, -0.2) is 55.8 Å². The maximum Gasteiger partial charge on any atom is 0.320 e. The number of primary amides is 1. The van der Waals surface area contributed by atoms with Crippen molar-refractivity contribution in [3.05, 3.63) is 58.6 Å². The molecule has 0 unspecified atom stereocenters. The van der Waals surface area contributed by atoms with Gasteiger partial charge in [-0.3, -0.25) is 9.36 Å². The van der Waals surface area contributed by atoms with E-state index in [2.05, 4.69) is 4.90 Å². The van der Waals surface area contributed by atoms with Gasteiger partial charge in [-0.25, -0.2) is 4.98 Å². The van der Waals surface area contributed by atoms with Gasteiger partial charge in [0, 0.05) is 34.8 Å². The molecule has 1 aliphatic rings. The summed E-state index contributed by atoms with van der Waals surface area (Å²) >= 11 is 12.8. The van der Waals surface area contributed by atoms with Crippen LogP contribution < -0.4 is 15.4 Å². The van der Waals surface area contributed by atoms with Gasteiger partial charge in [0.15, 0.2) is 17.0 Å². The van der Waals surface area contributed by atoms with Crippen molar-refractivity contribution in [2.45, 2.75) is 39.2 Å². The number of carbonyl (C=O) groups is 1. The van der Waals surface area contributed by atoms with Gasteiger partial charge in [0.25, 0.3) is 0 Å². The SMILES string of the molecule is CC(C)(O)COc1nc(N2CCC(C)(C(N)=O)CC2)c2nc(-c3ccccc3Cl)n(-c3ccc(Cl)cc3)c2n1. The first-order valence-electron chi connectivity index (χ1n) is 12.7. The predicted molar refractivity (Wildman–Crippen MR) is 153 cm³/mol. The minimum absolute atomic E-state index is 0.00978. The number of aromatic nitrogens is 4. The Morgan fingerprint density at radius 3 is 2.36 bits per heavy atom. The van der Waals surface area contributed by atoms with Crippen LogP contribution in [0.1, 0.15) is 33.6 Å². The highest BCUT2D eigenvalue weighted by Gasteiger charge is 2.37. The van der Waals surface area contributed by atoms with Gasteiger partial charge < -0.3 is 20.5 Å². The summed E-state index contributed by atoms with van der Waals surface area (Å²) in [5.74, 6) is 0.836. The van der Waals surface area contributed by atoms with E-state index in [1.54, 1.807) is 26.0 Å². The highest BCUT2D eigenvalue weighted by molar-refractivity contribution is 6.33. The summed E-state index contributed by atoms with van der Waals surface area (Å²) in [6.07, 6.45) is 1.14. The van der Waals surface area contributed by atoms with Crippen LogP contribution in [0.4, 0.5) is 5.82 Å². The number of piperidine rings is 1. The first-order chi connectivity index (χ1) is 18.4. The van der Waals surface area contributed by atoms with Gasteiger partial charge in [-0.1, -0.05) is 42.3 Å². The van der Waals surface area contributed by atoms with Gasteiger partial charge in [0.05, 0.1) is 10.6 Å². The number of ether oxygens (including phenoxy) is 1.